The SMILES string of the molecule is COc1ccc(/C(=N\[S@](=O)C(C)(C)C)C(F)(F)F)cc1. The smallest absolute Gasteiger partial charge is 0.434 e. The molecule has 0 N–H and O–H groups in total. The van der Waals surface area contributed by atoms with Gasteiger partial charge in [0.25, 0.3) is 0 Å². The third-order valence-electron chi connectivity index (χ3n) is 2.33. The molecule has 1 atom stereocenters. The highest BCUT2D eigenvalue weighted by Gasteiger charge is 2.38. The number of benzene rings is 1. The number of nitrogens with zero attached hydrogens (tertiary/aromatic N) is 1. The monoisotopic (exact) mass is 307 g/mol. The van der Waals surface area contributed by atoms with Gasteiger partial charge in [0.2, 0.25) is 0 Å². The summed E-state index contributed by atoms with van der Waals surface area (Å²) in [5, 5.41) is 0. The molecule has 0 saturated heterocycles. The van der Waals surface area contributed by atoms with Crippen molar-refractivity contribution in [2.75, 3.05) is 7.11 Å². The molecule has 0 heterocycles. The first-order valence-corrected chi connectivity index (χ1v) is 6.88. The molecule has 1 aromatic carbocycles. The third-order valence-corrected chi connectivity index (χ3v) is 3.73. The minimum absolute atomic E-state index is 0.143. The normalized spacial score (nSPS) is 15.1. The van der Waals surface area contributed by atoms with Gasteiger partial charge in [0.1, 0.15) is 16.7 Å². The Balaban J connectivity index is 3.26. The van der Waals surface area contributed by atoms with E-state index in [0.29, 0.717) is 5.75 Å². The summed E-state index contributed by atoms with van der Waals surface area (Å²) in [6, 6.07) is 5.28. The molecule has 0 fully saturated rings. The van der Waals surface area contributed by atoms with Crippen LogP contribution in [-0.4, -0.2) is 28.0 Å². The number of ether oxygens (including phenoxy) is 1. The standard InChI is InChI=1S/C13H16F3NO2S/c1-12(2,3)20(18)17-11(13(14,15)16)9-5-7-10(19-4)8-6-9/h5-8H,1-4H3/b17-11+/t20-/m1/s1. The van der Waals surface area contributed by atoms with E-state index in [2.05, 4.69) is 4.40 Å². The highest BCUT2D eigenvalue weighted by molar-refractivity contribution is 7.85. The fraction of sp³-hybridized carbons (Fsp3) is 0.462. The fourth-order valence-electron chi connectivity index (χ4n) is 1.24. The Morgan fingerprint density at radius 2 is 1.65 bits per heavy atom. The molecule has 0 aliphatic carbocycles. The summed E-state index contributed by atoms with van der Waals surface area (Å²) in [5.41, 5.74) is -1.29. The first-order valence-electron chi connectivity index (χ1n) is 5.78. The van der Waals surface area contributed by atoms with Gasteiger partial charge in [0, 0.05) is 5.56 Å². The lowest BCUT2D eigenvalue weighted by Gasteiger charge is -2.16. The Hall–Kier alpha value is -1.37. The van der Waals surface area contributed by atoms with E-state index in [4.69, 9.17) is 4.74 Å². The molecular formula is C13H16F3NO2S. The number of hydrogen-bond donors (Lipinski definition) is 0. The second-order valence-electron chi connectivity index (χ2n) is 5.03. The molecule has 0 aromatic heterocycles. The van der Waals surface area contributed by atoms with Crippen molar-refractivity contribution in [2.24, 2.45) is 4.40 Å². The number of rotatable bonds is 3. The summed E-state index contributed by atoms with van der Waals surface area (Å²) in [7, 11) is -0.566. The van der Waals surface area contributed by atoms with Gasteiger partial charge in [-0.3, -0.25) is 0 Å². The molecule has 1 aromatic rings. The number of alkyl halides is 3. The van der Waals surface area contributed by atoms with E-state index < -0.39 is 27.6 Å². The predicted octanol–water partition coefficient (Wildman–Crippen LogP) is 3.51. The lowest BCUT2D eigenvalue weighted by Crippen LogP contribution is -2.28. The van der Waals surface area contributed by atoms with Crippen LogP contribution in [0, 0.1) is 0 Å². The van der Waals surface area contributed by atoms with Crippen LogP contribution in [0.1, 0.15) is 26.3 Å². The molecule has 0 spiro atoms. The van der Waals surface area contributed by atoms with E-state index in [1.165, 1.54) is 31.4 Å². The van der Waals surface area contributed by atoms with Crippen molar-refractivity contribution in [3.63, 3.8) is 0 Å². The Bertz CT molecular complexity index is 516. The van der Waals surface area contributed by atoms with Crippen molar-refractivity contribution >= 4 is 16.7 Å². The van der Waals surface area contributed by atoms with Crippen molar-refractivity contribution in [1.29, 1.82) is 0 Å². The Morgan fingerprint density at radius 3 is 2.00 bits per heavy atom. The fourth-order valence-corrected chi connectivity index (χ4v) is 1.89. The highest BCUT2D eigenvalue weighted by atomic mass is 32.2. The van der Waals surface area contributed by atoms with Crippen LogP contribution >= 0.6 is 0 Å². The van der Waals surface area contributed by atoms with E-state index >= 15 is 0 Å². The van der Waals surface area contributed by atoms with Gasteiger partial charge < -0.3 is 4.74 Å². The molecule has 0 bridgehead atoms. The van der Waals surface area contributed by atoms with Gasteiger partial charge in [-0.15, -0.1) is 0 Å². The van der Waals surface area contributed by atoms with Crippen LogP contribution in [0.2, 0.25) is 0 Å². The average molecular weight is 307 g/mol. The lowest BCUT2D eigenvalue weighted by molar-refractivity contribution is -0.0578. The van der Waals surface area contributed by atoms with Crippen LogP contribution in [0.15, 0.2) is 28.7 Å². The van der Waals surface area contributed by atoms with Crippen molar-refractivity contribution in [2.45, 2.75) is 31.7 Å². The van der Waals surface area contributed by atoms with Crippen LogP contribution in [0.25, 0.3) is 0 Å². The Labute approximate surface area is 118 Å². The third kappa shape index (κ3) is 4.33. The van der Waals surface area contributed by atoms with Crippen LogP contribution in [0.3, 0.4) is 0 Å². The highest BCUT2D eigenvalue weighted by Crippen LogP contribution is 2.26. The molecular weight excluding hydrogens is 291 g/mol. The maximum absolute atomic E-state index is 13.0. The molecule has 0 saturated carbocycles. The lowest BCUT2D eigenvalue weighted by atomic mass is 10.1. The summed E-state index contributed by atoms with van der Waals surface area (Å²) >= 11 is 0. The maximum Gasteiger partial charge on any atom is 0.434 e. The van der Waals surface area contributed by atoms with E-state index in [0.717, 1.165) is 0 Å². The minimum Gasteiger partial charge on any atom is -0.497 e. The van der Waals surface area contributed by atoms with Crippen LogP contribution in [-0.2, 0) is 11.0 Å². The van der Waals surface area contributed by atoms with Gasteiger partial charge in [-0.1, -0.05) is 0 Å². The number of methoxy groups -OCH3 is 1. The van der Waals surface area contributed by atoms with Crippen LogP contribution in [0.4, 0.5) is 13.2 Å². The second kappa shape index (κ2) is 5.95. The van der Waals surface area contributed by atoms with Gasteiger partial charge in [-0.25, -0.2) is 4.21 Å². The average Bonchev–Trinajstić information content (AvgIpc) is 2.33. The van der Waals surface area contributed by atoms with Gasteiger partial charge in [-0.05, 0) is 45.0 Å². The van der Waals surface area contributed by atoms with Crippen molar-refractivity contribution in [1.82, 2.24) is 0 Å². The maximum atomic E-state index is 13.0. The molecule has 0 radical (unpaired) electrons. The summed E-state index contributed by atoms with van der Waals surface area (Å²) < 4.78 is 58.3. The van der Waals surface area contributed by atoms with E-state index in [1.54, 1.807) is 20.8 Å². The zero-order valence-corrected chi connectivity index (χ0v) is 12.4. The molecule has 7 heteroatoms. The zero-order chi connectivity index (χ0) is 15.6. The largest absolute Gasteiger partial charge is 0.497 e. The summed E-state index contributed by atoms with van der Waals surface area (Å²) in [5.74, 6) is 0.437. The van der Waals surface area contributed by atoms with Gasteiger partial charge >= 0.3 is 6.18 Å². The quantitative estimate of drug-likeness (QED) is 0.802. The van der Waals surface area contributed by atoms with E-state index in [9.17, 15) is 17.4 Å². The molecule has 0 aliphatic rings. The first-order chi connectivity index (χ1) is 9.05. The molecule has 3 nitrogen and oxygen atoms in total. The molecule has 0 amide bonds. The van der Waals surface area contributed by atoms with Crippen molar-refractivity contribution in [3.05, 3.63) is 29.8 Å². The van der Waals surface area contributed by atoms with Crippen LogP contribution < -0.4 is 4.74 Å². The van der Waals surface area contributed by atoms with Gasteiger partial charge in [-0.2, -0.15) is 17.6 Å². The molecule has 1 rings (SSSR count). The number of halogens is 3. The minimum atomic E-state index is -4.67. The molecule has 0 aliphatic heterocycles. The first kappa shape index (κ1) is 16.7. The summed E-state index contributed by atoms with van der Waals surface area (Å²) in [4.78, 5) is 0. The van der Waals surface area contributed by atoms with Crippen molar-refractivity contribution < 1.29 is 22.1 Å². The molecule has 0 unspecified atom stereocenters. The molecule has 112 valence electrons. The van der Waals surface area contributed by atoms with Crippen LogP contribution in [0.5, 0.6) is 5.75 Å². The van der Waals surface area contributed by atoms with Gasteiger partial charge in [0.05, 0.1) is 11.9 Å². The second-order valence-corrected chi connectivity index (χ2v) is 6.93. The number of hydrogen-bond acceptors (Lipinski definition) is 2. The zero-order valence-electron chi connectivity index (χ0n) is 11.6. The molecule has 20 heavy (non-hydrogen) atoms. The Morgan fingerprint density at radius 1 is 1.15 bits per heavy atom. The van der Waals surface area contributed by atoms with Crippen molar-refractivity contribution in [3.8, 4) is 5.75 Å². The van der Waals surface area contributed by atoms with E-state index in [-0.39, 0.29) is 5.56 Å². The Kier molecular flexibility index (Phi) is 4.96. The summed E-state index contributed by atoms with van der Waals surface area (Å²) in [6.45, 7) is 4.69. The summed E-state index contributed by atoms with van der Waals surface area (Å²) in [6.07, 6.45) is -4.67. The van der Waals surface area contributed by atoms with Gasteiger partial charge in [0.15, 0.2) is 5.71 Å². The topological polar surface area (TPSA) is 38.7 Å². The van der Waals surface area contributed by atoms with E-state index in [1.807, 2.05) is 0 Å². The predicted molar refractivity (Wildman–Crippen MR) is 73.5 cm³/mol.